The fourth-order valence-corrected chi connectivity index (χ4v) is 4.35. The number of rotatable bonds is 4. The Morgan fingerprint density at radius 3 is 2.55 bits per heavy atom. The number of benzene rings is 2. The van der Waals surface area contributed by atoms with E-state index in [1.165, 1.54) is 25.0 Å². The quantitative estimate of drug-likeness (QED) is 0.476. The summed E-state index contributed by atoms with van der Waals surface area (Å²) in [6.07, 6.45) is 6.19. The second-order valence-electron chi connectivity index (χ2n) is 8.09. The number of hydrogen-bond acceptors (Lipinski definition) is 3. The molecule has 0 saturated heterocycles. The van der Waals surface area contributed by atoms with Crippen LogP contribution in [0.15, 0.2) is 42.6 Å². The number of halogens is 2. The molecule has 4 rings (SSSR count). The molecule has 0 atom stereocenters. The van der Waals surface area contributed by atoms with E-state index in [0.717, 1.165) is 40.9 Å². The van der Waals surface area contributed by atoms with E-state index in [1.807, 2.05) is 18.2 Å². The number of fused-ring (bicyclic) bond motifs is 1. The Morgan fingerprint density at radius 2 is 1.86 bits per heavy atom. The zero-order valence-electron chi connectivity index (χ0n) is 16.6. The van der Waals surface area contributed by atoms with E-state index in [9.17, 15) is 9.18 Å². The molecule has 3 aromatic rings. The number of hydrogen-bond donors (Lipinski definition) is 1. The Kier molecular flexibility index (Phi) is 5.55. The van der Waals surface area contributed by atoms with Gasteiger partial charge in [-0.3, -0.25) is 9.78 Å². The fourth-order valence-electron chi connectivity index (χ4n) is 4.12. The van der Waals surface area contributed by atoms with Gasteiger partial charge >= 0.3 is 0 Å². The molecule has 0 spiro atoms. The summed E-state index contributed by atoms with van der Waals surface area (Å²) in [5.74, 6) is 0.349. The van der Waals surface area contributed by atoms with Crippen LogP contribution in [0.3, 0.4) is 0 Å². The molecule has 29 heavy (non-hydrogen) atoms. The molecule has 1 fully saturated rings. The van der Waals surface area contributed by atoms with Crippen LogP contribution in [0.4, 0.5) is 10.1 Å². The lowest BCUT2D eigenvalue weighted by molar-refractivity contribution is 0.101. The molecular formula is C24H24ClFN2O. The van der Waals surface area contributed by atoms with Gasteiger partial charge in [0.2, 0.25) is 0 Å². The maximum atomic E-state index is 13.9. The van der Waals surface area contributed by atoms with Crippen molar-refractivity contribution in [2.24, 2.45) is 5.92 Å². The number of nitrogens with one attached hydrogen (secondary N) is 1. The molecule has 1 aliphatic carbocycles. The second-order valence-corrected chi connectivity index (χ2v) is 8.53. The average Bonchev–Trinajstić information content (AvgIpc) is 2.68. The first-order chi connectivity index (χ1) is 13.9. The van der Waals surface area contributed by atoms with Crippen molar-refractivity contribution in [1.82, 2.24) is 4.98 Å². The fraction of sp³-hybridized carbons (Fsp3) is 0.333. The number of carbonyl (C=O) groups is 1. The van der Waals surface area contributed by atoms with Gasteiger partial charge in [-0.15, -0.1) is 0 Å². The van der Waals surface area contributed by atoms with Crippen molar-refractivity contribution in [2.45, 2.75) is 45.6 Å². The molecule has 0 aliphatic heterocycles. The largest absolute Gasteiger partial charge is 0.381 e. The SMILES string of the molecule is CC(=O)c1cnc2ccc(-c3cc(F)cc(Cl)c3)cc2c1NC1CCC(C)CC1. The Balaban J connectivity index is 1.82. The van der Waals surface area contributed by atoms with Gasteiger partial charge in [0.1, 0.15) is 5.82 Å². The number of Topliss-reactive ketones (excluding diaryl/α,β-unsaturated/α-hetero) is 1. The van der Waals surface area contributed by atoms with Crippen molar-refractivity contribution in [2.75, 3.05) is 5.32 Å². The van der Waals surface area contributed by atoms with Gasteiger partial charge in [-0.05, 0) is 80.0 Å². The summed E-state index contributed by atoms with van der Waals surface area (Å²) < 4.78 is 13.9. The van der Waals surface area contributed by atoms with Crippen LogP contribution in [-0.4, -0.2) is 16.8 Å². The standard InChI is InChI=1S/C24H24ClFN2O/c1-14-3-6-20(7-4-14)28-24-21-11-16(17-9-18(25)12-19(26)10-17)5-8-23(21)27-13-22(24)15(2)29/h5,8-14,20H,3-4,6-7H2,1-2H3,(H,27,28). The van der Waals surface area contributed by atoms with Crippen LogP contribution in [0.2, 0.25) is 5.02 Å². The van der Waals surface area contributed by atoms with Crippen molar-refractivity contribution in [3.8, 4) is 11.1 Å². The van der Waals surface area contributed by atoms with Crippen LogP contribution in [0, 0.1) is 11.7 Å². The third-order valence-electron chi connectivity index (χ3n) is 5.81. The minimum atomic E-state index is -0.377. The highest BCUT2D eigenvalue weighted by molar-refractivity contribution is 6.30. The van der Waals surface area contributed by atoms with Gasteiger partial charge in [-0.2, -0.15) is 0 Å². The molecule has 2 aromatic carbocycles. The lowest BCUT2D eigenvalue weighted by atomic mass is 9.87. The first kappa shape index (κ1) is 19.8. The number of anilines is 1. The molecular weight excluding hydrogens is 387 g/mol. The van der Waals surface area contributed by atoms with E-state index in [0.29, 0.717) is 22.2 Å². The van der Waals surface area contributed by atoms with Gasteiger partial charge in [0.25, 0.3) is 0 Å². The van der Waals surface area contributed by atoms with Gasteiger partial charge in [0.15, 0.2) is 5.78 Å². The first-order valence-corrected chi connectivity index (χ1v) is 10.4. The van der Waals surface area contributed by atoms with E-state index >= 15 is 0 Å². The molecule has 0 radical (unpaired) electrons. The lowest BCUT2D eigenvalue weighted by Crippen LogP contribution is -2.26. The van der Waals surface area contributed by atoms with Crippen LogP contribution in [0.25, 0.3) is 22.0 Å². The van der Waals surface area contributed by atoms with E-state index < -0.39 is 0 Å². The number of aromatic nitrogens is 1. The second kappa shape index (κ2) is 8.11. The maximum absolute atomic E-state index is 13.9. The average molecular weight is 411 g/mol. The van der Waals surface area contributed by atoms with E-state index in [-0.39, 0.29) is 11.6 Å². The lowest BCUT2D eigenvalue weighted by Gasteiger charge is -2.29. The Bertz CT molecular complexity index is 1050. The maximum Gasteiger partial charge on any atom is 0.163 e. The molecule has 0 bridgehead atoms. The summed E-state index contributed by atoms with van der Waals surface area (Å²) >= 11 is 6.05. The number of carbonyl (C=O) groups excluding carboxylic acids is 1. The van der Waals surface area contributed by atoms with Crippen molar-refractivity contribution >= 4 is 34.0 Å². The minimum Gasteiger partial charge on any atom is -0.381 e. The Labute approximate surface area is 175 Å². The normalized spacial score (nSPS) is 19.3. The molecule has 1 N–H and O–H groups in total. The summed E-state index contributed by atoms with van der Waals surface area (Å²) in [6, 6.07) is 10.6. The Hall–Kier alpha value is -2.46. The van der Waals surface area contributed by atoms with Gasteiger partial charge in [0, 0.05) is 22.6 Å². The highest BCUT2D eigenvalue weighted by atomic mass is 35.5. The monoisotopic (exact) mass is 410 g/mol. The molecule has 1 aromatic heterocycles. The van der Waals surface area contributed by atoms with Crippen molar-refractivity contribution in [3.05, 3.63) is 59.0 Å². The molecule has 5 heteroatoms. The topological polar surface area (TPSA) is 42.0 Å². The van der Waals surface area contributed by atoms with Crippen LogP contribution < -0.4 is 5.32 Å². The van der Waals surface area contributed by atoms with Gasteiger partial charge in [0.05, 0.1) is 16.8 Å². The summed E-state index contributed by atoms with van der Waals surface area (Å²) in [7, 11) is 0. The predicted molar refractivity (Wildman–Crippen MR) is 117 cm³/mol. The van der Waals surface area contributed by atoms with Crippen LogP contribution in [-0.2, 0) is 0 Å². The predicted octanol–water partition coefficient (Wildman–Crippen LogP) is 6.89. The summed E-state index contributed by atoms with van der Waals surface area (Å²) in [4.78, 5) is 16.8. The smallest absolute Gasteiger partial charge is 0.163 e. The van der Waals surface area contributed by atoms with Gasteiger partial charge in [-0.1, -0.05) is 24.6 Å². The minimum absolute atomic E-state index is 0.0229. The van der Waals surface area contributed by atoms with Gasteiger partial charge in [-0.25, -0.2) is 4.39 Å². The number of pyridine rings is 1. The highest BCUT2D eigenvalue weighted by Gasteiger charge is 2.21. The van der Waals surface area contributed by atoms with Gasteiger partial charge < -0.3 is 5.32 Å². The molecule has 1 heterocycles. The van der Waals surface area contributed by atoms with E-state index in [2.05, 4.69) is 17.2 Å². The van der Waals surface area contributed by atoms with Crippen molar-refractivity contribution in [3.63, 3.8) is 0 Å². The zero-order chi connectivity index (χ0) is 20.5. The van der Waals surface area contributed by atoms with E-state index in [1.54, 1.807) is 19.2 Å². The molecule has 3 nitrogen and oxygen atoms in total. The summed E-state index contributed by atoms with van der Waals surface area (Å²) in [5, 5.41) is 4.86. The third-order valence-corrected chi connectivity index (χ3v) is 6.03. The van der Waals surface area contributed by atoms with Crippen LogP contribution in [0.1, 0.15) is 49.9 Å². The molecule has 0 unspecified atom stereocenters. The molecule has 150 valence electrons. The molecule has 0 amide bonds. The summed E-state index contributed by atoms with van der Waals surface area (Å²) in [6.45, 7) is 3.85. The van der Waals surface area contributed by atoms with Crippen molar-refractivity contribution in [1.29, 1.82) is 0 Å². The molecule has 1 aliphatic rings. The van der Waals surface area contributed by atoms with Crippen molar-refractivity contribution < 1.29 is 9.18 Å². The van der Waals surface area contributed by atoms with Crippen LogP contribution >= 0.6 is 11.6 Å². The van der Waals surface area contributed by atoms with Crippen LogP contribution in [0.5, 0.6) is 0 Å². The first-order valence-electron chi connectivity index (χ1n) is 10.1. The highest BCUT2D eigenvalue weighted by Crippen LogP contribution is 2.34. The number of nitrogens with zero attached hydrogens (tertiary/aromatic N) is 1. The molecule has 1 saturated carbocycles. The Morgan fingerprint density at radius 1 is 1.10 bits per heavy atom. The zero-order valence-corrected chi connectivity index (χ0v) is 17.4. The summed E-state index contributed by atoms with van der Waals surface area (Å²) in [5.41, 5.74) is 3.74. The van der Waals surface area contributed by atoms with E-state index in [4.69, 9.17) is 11.6 Å². The number of ketones is 1. The third kappa shape index (κ3) is 4.27.